The van der Waals surface area contributed by atoms with Gasteiger partial charge >= 0.3 is 0 Å². The van der Waals surface area contributed by atoms with E-state index in [-0.39, 0.29) is 10.0 Å². The van der Waals surface area contributed by atoms with Crippen molar-refractivity contribution in [2.45, 2.75) is 32.9 Å². The Labute approximate surface area is 124 Å². The summed E-state index contributed by atoms with van der Waals surface area (Å²) in [7, 11) is 0. The van der Waals surface area contributed by atoms with Crippen molar-refractivity contribution < 1.29 is 13.9 Å². The predicted octanol–water partition coefficient (Wildman–Crippen LogP) is 3.59. The smallest absolute Gasteiger partial charge is 0.146 e. The van der Waals surface area contributed by atoms with Crippen molar-refractivity contribution in [1.29, 1.82) is 0 Å². The van der Waals surface area contributed by atoms with E-state index in [9.17, 15) is 13.9 Å². The quantitative estimate of drug-likeness (QED) is 0.860. The summed E-state index contributed by atoms with van der Waals surface area (Å²) in [6, 6.07) is 4.07. The van der Waals surface area contributed by atoms with Crippen LogP contribution in [0.15, 0.2) is 22.7 Å². The molecule has 20 heavy (non-hydrogen) atoms. The first-order chi connectivity index (χ1) is 9.49. The third-order valence-electron chi connectivity index (χ3n) is 3.16. The molecule has 1 heterocycles. The summed E-state index contributed by atoms with van der Waals surface area (Å²) >= 11 is 3.00. The molecule has 0 aliphatic heterocycles. The first kappa shape index (κ1) is 15.1. The van der Waals surface area contributed by atoms with Crippen LogP contribution in [0.25, 0.3) is 0 Å². The minimum atomic E-state index is -1.39. The molecule has 0 aliphatic carbocycles. The first-order valence-corrected chi connectivity index (χ1v) is 7.16. The summed E-state index contributed by atoms with van der Waals surface area (Å²) in [6.07, 6.45) is -0.698. The molecular weight excluding hydrogens is 330 g/mol. The second-order valence-electron chi connectivity index (χ2n) is 4.39. The molecule has 1 atom stereocenters. The molecule has 0 saturated carbocycles. The summed E-state index contributed by atoms with van der Waals surface area (Å²) in [5, 5.41) is 14.6. The second kappa shape index (κ2) is 6.01. The molecule has 0 radical (unpaired) electrons. The van der Waals surface area contributed by atoms with E-state index in [0.717, 1.165) is 11.8 Å². The number of aliphatic hydroxyl groups excluding tert-OH is 1. The fourth-order valence-corrected chi connectivity index (χ4v) is 2.42. The van der Waals surface area contributed by atoms with Gasteiger partial charge < -0.3 is 5.11 Å². The van der Waals surface area contributed by atoms with Gasteiger partial charge in [-0.15, -0.1) is 0 Å². The number of hydrogen-bond acceptors (Lipinski definition) is 2. The van der Waals surface area contributed by atoms with E-state index in [1.54, 1.807) is 10.7 Å². The van der Waals surface area contributed by atoms with Crippen LogP contribution in [0.2, 0.25) is 0 Å². The van der Waals surface area contributed by atoms with E-state index in [1.807, 2.05) is 13.8 Å². The topological polar surface area (TPSA) is 38.0 Å². The monoisotopic (exact) mass is 344 g/mol. The molecule has 3 nitrogen and oxygen atoms in total. The lowest BCUT2D eigenvalue weighted by Gasteiger charge is -2.15. The number of aryl methyl sites for hydroxylation is 2. The third kappa shape index (κ3) is 2.62. The SMILES string of the molecule is CCc1cc(C(O)c2c(F)ccc(Br)c2F)n(CC)n1. The minimum Gasteiger partial charge on any atom is -0.382 e. The average molecular weight is 345 g/mol. The molecule has 1 aromatic heterocycles. The predicted molar refractivity (Wildman–Crippen MR) is 75.4 cm³/mol. The molecule has 1 N–H and O–H groups in total. The Balaban J connectivity index is 2.54. The molecule has 0 bridgehead atoms. The molecule has 6 heteroatoms. The highest BCUT2D eigenvalue weighted by Crippen LogP contribution is 2.31. The Kier molecular flexibility index (Phi) is 4.55. The highest BCUT2D eigenvalue weighted by atomic mass is 79.9. The second-order valence-corrected chi connectivity index (χ2v) is 5.24. The number of aromatic nitrogens is 2. The van der Waals surface area contributed by atoms with Gasteiger partial charge in [0.05, 0.1) is 21.4 Å². The van der Waals surface area contributed by atoms with Crippen molar-refractivity contribution in [3.05, 3.63) is 51.3 Å². The van der Waals surface area contributed by atoms with Crippen LogP contribution in [0, 0.1) is 11.6 Å². The van der Waals surface area contributed by atoms with Gasteiger partial charge in [-0.3, -0.25) is 4.68 Å². The van der Waals surface area contributed by atoms with Gasteiger partial charge in [-0.1, -0.05) is 6.92 Å². The van der Waals surface area contributed by atoms with Gasteiger partial charge in [-0.2, -0.15) is 5.10 Å². The van der Waals surface area contributed by atoms with E-state index >= 15 is 0 Å². The van der Waals surface area contributed by atoms with E-state index in [2.05, 4.69) is 21.0 Å². The largest absolute Gasteiger partial charge is 0.382 e. The van der Waals surface area contributed by atoms with Crippen molar-refractivity contribution in [3.8, 4) is 0 Å². The van der Waals surface area contributed by atoms with E-state index in [0.29, 0.717) is 18.7 Å². The van der Waals surface area contributed by atoms with Gasteiger partial charge in [-0.05, 0) is 47.5 Å². The van der Waals surface area contributed by atoms with Crippen LogP contribution < -0.4 is 0 Å². The van der Waals surface area contributed by atoms with Gasteiger partial charge in [0.15, 0.2) is 0 Å². The van der Waals surface area contributed by atoms with Crippen molar-refractivity contribution >= 4 is 15.9 Å². The van der Waals surface area contributed by atoms with E-state index in [4.69, 9.17) is 0 Å². The van der Waals surface area contributed by atoms with Crippen LogP contribution in [0.5, 0.6) is 0 Å². The standard InChI is InChI=1S/C14H15BrF2N2O/c1-3-8-7-11(19(4-2)18-8)14(20)12-10(16)6-5-9(15)13(12)17/h5-7,14,20H,3-4H2,1-2H3. The first-order valence-electron chi connectivity index (χ1n) is 6.37. The molecule has 1 aromatic carbocycles. The molecule has 0 saturated heterocycles. The number of halogens is 3. The maximum atomic E-state index is 14.0. The Morgan fingerprint density at radius 3 is 2.65 bits per heavy atom. The van der Waals surface area contributed by atoms with Crippen LogP contribution in [0.4, 0.5) is 8.78 Å². The van der Waals surface area contributed by atoms with Crippen LogP contribution in [-0.2, 0) is 13.0 Å². The van der Waals surface area contributed by atoms with Crippen LogP contribution >= 0.6 is 15.9 Å². The lowest BCUT2D eigenvalue weighted by atomic mass is 10.0. The van der Waals surface area contributed by atoms with Gasteiger partial charge in [0.25, 0.3) is 0 Å². The fraction of sp³-hybridized carbons (Fsp3) is 0.357. The normalized spacial score (nSPS) is 12.7. The van der Waals surface area contributed by atoms with Crippen LogP contribution in [-0.4, -0.2) is 14.9 Å². The van der Waals surface area contributed by atoms with Crippen LogP contribution in [0.3, 0.4) is 0 Å². The Morgan fingerprint density at radius 2 is 2.05 bits per heavy atom. The summed E-state index contributed by atoms with van der Waals surface area (Å²) in [5.41, 5.74) is 0.800. The molecule has 2 rings (SSSR count). The average Bonchev–Trinajstić information content (AvgIpc) is 2.86. The Morgan fingerprint density at radius 1 is 1.35 bits per heavy atom. The molecule has 0 fully saturated rings. The lowest BCUT2D eigenvalue weighted by Crippen LogP contribution is -2.12. The van der Waals surface area contributed by atoms with Gasteiger partial charge in [0, 0.05) is 6.54 Å². The van der Waals surface area contributed by atoms with E-state index in [1.165, 1.54) is 6.07 Å². The summed E-state index contributed by atoms with van der Waals surface area (Å²) in [4.78, 5) is 0. The maximum Gasteiger partial charge on any atom is 0.146 e. The number of rotatable bonds is 4. The Bertz CT molecular complexity index is 628. The van der Waals surface area contributed by atoms with Crippen molar-refractivity contribution in [2.75, 3.05) is 0 Å². The molecule has 0 aliphatic rings. The van der Waals surface area contributed by atoms with Crippen LogP contribution in [0.1, 0.15) is 36.9 Å². The maximum absolute atomic E-state index is 14.0. The molecule has 0 spiro atoms. The summed E-state index contributed by atoms with van der Waals surface area (Å²) in [5.74, 6) is -1.57. The Hall–Kier alpha value is -1.27. The zero-order valence-electron chi connectivity index (χ0n) is 11.2. The number of hydrogen-bond donors (Lipinski definition) is 1. The molecule has 2 aromatic rings. The number of nitrogens with zero attached hydrogens (tertiary/aromatic N) is 2. The molecular formula is C14H15BrF2N2O. The van der Waals surface area contributed by atoms with E-state index < -0.39 is 17.7 Å². The summed E-state index contributed by atoms with van der Waals surface area (Å²) in [6.45, 7) is 4.30. The zero-order chi connectivity index (χ0) is 14.9. The minimum absolute atomic E-state index is 0.117. The van der Waals surface area contributed by atoms with Gasteiger partial charge in [0.2, 0.25) is 0 Å². The van der Waals surface area contributed by atoms with Gasteiger partial charge in [-0.25, -0.2) is 8.78 Å². The molecule has 108 valence electrons. The molecule has 1 unspecified atom stereocenters. The van der Waals surface area contributed by atoms with Crippen molar-refractivity contribution in [1.82, 2.24) is 9.78 Å². The summed E-state index contributed by atoms with van der Waals surface area (Å²) < 4.78 is 29.6. The molecule has 0 amide bonds. The highest BCUT2D eigenvalue weighted by molar-refractivity contribution is 9.10. The fourth-order valence-electron chi connectivity index (χ4n) is 2.07. The van der Waals surface area contributed by atoms with Crippen molar-refractivity contribution in [3.63, 3.8) is 0 Å². The highest BCUT2D eigenvalue weighted by Gasteiger charge is 2.25. The number of aliphatic hydroxyl groups is 1. The third-order valence-corrected chi connectivity index (χ3v) is 3.77. The zero-order valence-corrected chi connectivity index (χ0v) is 12.8. The lowest BCUT2D eigenvalue weighted by molar-refractivity contribution is 0.197. The van der Waals surface area contributed by atoms with Gasteiger partial charge in [0.1, 0.15) is 17.7 Å². The number of benzene rings is 1. The van der Waals surface area contributed by atoms with Crippen molar-refractivity contribution in [2.24, 2.45) is 0 Å².